The molecule has 0 atom stereocenters. The molecule has 0 N–H and O–H groups in total. The molecule has 2 rings (SSSR count). The van der Waals surface area contributed by atoms with Gasteiger partial charge in [-0.3, -0.25) is 0 Å². The summed E-state index contributed by atoms with van der Waals surface area (Å²) in [6, 6.07) is 5.62. The van der Waals surface area contributed by atoms with Crippen LogP contribution < -0.4 is 0 Å². The Balaban J connectivity index is 2.50. The summed E-state index contributed by atoms with van der Waals surface area (Å²) in [7, 11) is -3.07. The Bertz CT molecular complexity index is 470. The summed E-state index contributed by atoms with van der Waals surface area (Å²) in [4.78, 5) is 0.493. The van der Waals surface area contributed by atoms with E-state index in [0.29, 0.717) is 10.8 Å². The first-order valence-electron chi connectivity index (χ1n) is 5.29. The van der Waals surface area contributed by atoms with Crippen LogP contribution >= 0.6 is 0 Å². The van der Waals surface area contributed by atoms with Gasteiger partial charge in [-0.1, -0.05) is 18.6 Å². The Kier molecular flexibility index (Phi) is 2.59. The minimum absolute atomic E-state index is 0.493. The molecular weight excluding hydrogens is 208 g/mol. The first-order valence-corrected chi connectivity index (χ1v) is 7.19. The fourth-order valence-electron chi connectivity index (χ4n) is 2.19. The van der Waals surface area contributed by atoms with Crippen LogP contribution in [0.5, 0.6) is 0 Å². The Morgan fingerprint density at radius 3 is 2.40 bits per heavy atom. The summed E-state index contributed by atoms with van der Waals surface area (Å²) in [5.41, 5.74) is 2.17. The van der Waals surface area contributed by atoms with E-state index in [9.17, 15) is 8.42 Å². The standard InChI is InChI=1S/C12H16O2S/c1-9-11(10-5-3-6-10)7-4-8-12(9)15(2,13)14/h4,7-8,10H,3,5-6H2,1-2H3. The van der Waals surface area contributed by atoms with E-state index in [2.05, 4.69) is 6.07 Å². The van der Waals surface area contributed by atoms with Gasteiger partial charge in [-0.2, -0.15) is 0 Å². The molecule has 0 spiro atoms. The lowest BCUT2D eigenvalue weighted by Gasteiger charge is -2.27. The molecule has 0 aliphatic heterocycles. The summed E-state index contributed by atoms with van der Waals surface area (Å²) >= 11 is 0. The Morgan fingerprint density at radius 2 is 1.93 bits per heavy atom. The molecule has 2 nitrogen and oxygen atoms in total. The molecule has 0 bridgehead atoms. The van der Waals surface area contributed by atoms with Crippen molar-refractivity contribution in [1.29, 1.82) is 0 Å². The van der Waals surface area contributed by atoms with Crippen molar-refractivity contribution in [1.82, 2.24) is 0 Å². The summed E-state index contributed by atoms with van der Waals surface area (Å²) in [6.45, 7) is 1.92. The molecule has 1 aromatic rings. The van der Waals surface area contributed by atoms with Crippen molar-refractivity contribution in [2.75, 3.05) is 6.26 Å². The zero-order valence-electron chi connectivity index (χ0n) is 9.16. The van der Waals surface area contributed by atoms with Crippen LogP contribution in [0.25, 0.3) is 0 Å². The van der Waals surface area contributed by atoms with Crippen molar-refractivity contribution < 1.29 is 8.42 Å². The van der Waals surface area contributed by atoms with Crippen molar-refractivity contribution in [2.24, 2.45) is 0 Å². The van der Waals surface area contributed by atoms with E-state index >= 15 is 0 Å². The normalized spacial score (nSPS) is 17.5. The summed E-state index contributed by atoms with van der Waals surface area (Å²) in [5.74, 6) is 0.590. The van der Waals surface area contributed by atoms with Gasteiger partial charge in [0.2, 0.25) is 0 Å². The highest BCUT2D eigenvalue weighted by Gasteiger charge is 2.23. The highest BCUT2D eigenvalue weighted by Crippen LogP contribution is 2.39. The van der Waals surface area contributed by atoms with E-state index in [1.165, 1.54) is 31.1 Å². The molecule has 82 valence electrons. The molecular formula is C12H16O2S. The van der Waals surface area contributed by atoms with Gasteiger partial charge in [0.1, 0.15) is 0 Å². The van der Waals surface area contributed by atoms with E-state index in [1.54, 1.807) is 6.07 Å². The number of hydrogen-bond donors (Lipinski definition) is 0. The summed E-state index contributed by atoms with van der Waals surface area (Å²) in [5, 5.41) is 0. The predicted molar refractivity (Wildman–Crippen MR) is 60.9 cm³/mol. The van der Waals surface area contributed by atoms with Gasteiger partial charge in [0, 0.05) is 6.26 Å². The third-order valence-corrected chi connectivity index (χ3v) is 4.51. The molecule has 1 fully saturated rings. The van der Waals surface area contributed by atoms with Gasteiger partial charge in [-0.25, -0.2) is 8.42 Å². The molecule has 3 heteroatoms. The third-order valence-electron chi connectivity index (χ3n) is 3.27. The minimum atomic E-state index is -3.07. The highest BCUT2D eigenvalue weighted by atomic mass is 32.2. The maximum absolute atomic E-state index is 11.5. The SMILES string of the molecule is Cc1c(C2CCC2)cccc1S(C)(=O)=O. The largest absolute Gasteiger partial charge is 0.224 e. The van der Waals surface area contributed by atoms with Crippen LogP contribution in [0.2, 0.25) is 0 Å². The molecule has 0 amide bonds. The van der Waals surface area contributed by atoms with Crippen LogP contribution in [0.4, 0.5) is 0 Å². The van der Waals surface area contributed by atoms with Gasteiger partial charge < -0.3 is 0 Å². The first kappa shape index (κ1) is 10.7. The second-order valence-corrected chi connectivity index (χ2v) is 6.35. The first-order chi connectivity index (χ1) is 7.00. The maximum Gasteiger partial charge on any atom is 0.175 e. The highest BCUT2D eigenvalue weighted by molar-refractivity contribution is 7.90. The molecule has 0 heterocycles. The maximum atomic E-state index is 11.5. The number of sulfone groups is 1. The molecule has 0 saturated heterocycles. The molecule has 0 aromatic heterocycles. The Hall–Kier alpha value is -0.830. The van der Waals surface area contributed by atoms with Crippen LogP contribution in [-0.2, 0) is 9.84 Å². The molecule has 1 aliphatic carbocycles. The number of rotatable bonds is 2. The van der Waals surface area contributed by atoms with Crippen molar-refractivity contribution in [3.05, 3.63) is 29.3 Å². The predicted octanol–water partition coefficient (Wildman–Crippen LogP) is 2.67. The average molecular weight is 224 g/mol. The Labute approximate surface area is 91.2 Å². The van der Waals surface area contributed by atoms with Gasteiger partial charge in [0.25, 0.3) is 0 Å². The Morgan fingerprint density at radius 1 is 1.27 bits per heavy atom. The van der Waals surface area contributed by atoms with Crippen LogP contribution in [-0.4, -0.2) is 14.7 Å². The van der Waals surface area contributed by atoms with E-state index in [0.717, 1.165) is 5.56 Å². The fraction of sp³-hybridized carbons (Fsp3) is 0.500. The van der Waals surface area contributed by atoms with E-state index in [1.807, 2.05) is 13.0 Å². The van der Waals surface area contributed by atoms with Gasteiger partial charge in [-0.05, 0) is 42.9 Å². The average Bonchev–Trinajstić information content (AvgIpc) is 2.03. The quantitative estimate of drug-likeness (QED) is 0.774. The molecule has 1 saturated carbocycles. The van der Waals surface area contributed by atoms with Gasteiger partial charge in [0.05, 0.1) is 4.90 Å². The van der Waals surface area contributed by atoms with Crippen LogP contribution in [0.15, 0.2) is 23.1 Å². The zero-order chi connectivity index (χ0) is 11.1. The molecule has 0 radical (unpaired) electrons. The van der Waals surface area contributed by atoms with Crippen LogP contribution in [0, 0.1) is 6.92 Å². The van der Waals surface area contributed by atoms with Crippen molar-refractivity contribution >= 4 is 9.84 Å². The minimum Gasteiger partial charge on any atom is -0.224 e. The summed E-state index contributed by atoms with van der Waals surface area (Å²) < 4.78 is 23.1. The third kappa shape index (κ3) is 1.93. The fourth-order valence-corrected chi connectivity index (χ4v) is 3.19. The lowest BCUT2D eigenvalue weighted by molar-refractivity contribution is 0.417. The molecule has 1 aromatic carbocycles. The molecule has 1 aliphatic rings. The van der Waals surface area contributed by atoms with E-state index in [-0.39, 0.29) is 0 Å². The number of hydrogen-bond acceptors (Lipinski definition) is 2. The smallest absolute Gasteiger partial charge is 0.175 e. The number of benzene rings is 1. The van der Waals surface area contributed by atoms with Crippen molar-refractivity contribution in [2.45, 2.75) is 37.0 Å². The van der Waals surface area contributed by atoms with Crippen molar-refractivity contribution in [3.8, 4) is 0 Å². The lowest BCUT2D eigenvalue weighted by Crippen LogP contribution is -2.12. The molecule has 15 heavy (non-hydrogen) atoms. The van der Waals surface area contributed by atoms with E-state index < -0.39 is 9.84 Å². The topological polar surface area (TPSA) is 34.1 Å². The second-order valence-electron chi connectivity index (χ2n) is 4.37. The van der Waals surface area contributed by atoms with Gasteiger partial charge >= 0.3 is 0 Å². The molecule has 0 unspecified atom stereocenters. The van der Waals surface area contributed by atoms with Crippen LogP contribution in [0.1, 0.15) is 36.3 Å². The van der Waals surface area contributed by atoms with Crippen molar-refractivity contribution in [3.63, 3.8) is 0 Å². The van der Waals surface area contributed by atoms with E-state index in [4.69, 9.17) is 0 Å². The summed E-state index contributed by atoms with van der Waals surface area (Å²) in [6.07, 6.45) is 4.95. The monoisotopic (exact) mass is 224 g/mol. The van der Waals surface area contributed by atoms with Crippen LogP contribution in [0.3, 0.4) is 0 Å². The lowest BCUT2D eigenvalue weighted by atomic mass is 9.78. The van der Waals surface area contributed by atoms with Gasteiger partial charge in [-0.15, -0.1) is 0 Å². The zero-order valence-corrected chi connectivity index (χ0v) is 9.97. The van der Waals surface area contributed by atoms with Gasteiger partial charge in [0.15, 0.2) is 9.84 Å². The second kappa shape index (κ2) is 3.63.